The molecule has 1 aromatic rings. The van der Waals surface area contributed by atoms with Crippen LogP contribution in [-0.4, -0.2) is 12.6 Å². The Balaban J connectivity index is 2.81. The SMILES string of the molecule is CC(C)(C)CCOC(=O)c1cc(N)cc(C(F)(F)F)c1. The Morgan fingerprint density at radius 1 is 1.20 bits per heavy atom. The molecule has 2 N–H and O–H groups in total. The first-order valence-corrected chi connectivity index (χ1v) is 6.14. The number of nitrogens with two attached hydrogens (primary N) is 1. The van der Waals surface area contributed by atoms with Crippen molar-refractivity contribution < 1.29 is 22.7 Å². The van der Waals surface area contributed by atoms with Crippen molar-refractivity contribution >= 4 is 11.7 Å². The molecule has 1 aromatic carbocycles. The fraction of sp³-hybridized carbons (Fsp3) is 0.500. The average Bonchev–Trinajstić information content (AvgIpc) is 2.25. The number of carbonyl (C=O) groups is 1. The van der Waals surface area contributed by atoms with Crippen LogP contribution < -0.4 is 5.73 Å². The van der Waals surface area contributed by atoms with Gasteiger partial charge in [0.05, 0.1) is 17.7 Å². The molecule has 6 heteroatoms. The molecule has 0 heterocycles. The minimum absolute atomic E-state index is 0.0207. The molecule has 0 aliphatic carbocycles. The van der Waals surface area contributed by atoms with E-state index in [4.69, 9.17) is 10.5 Å². The van der Waals surface area contributed by atoms with Crippen molar-refractivity contribution in [3.8, 4) is 0 Å². The van der Waals surface area contributed by atoms with Crippen LogP contribution in [0.2, 0.25) is 0 Å². The Labute approximate surface area is 115 Å². The van der Waals surface area contributed by atoms with Crippen molar-refractivity contribution in [2.24, 2.45) is 5.41 Å². The standard InChI is InChI=1S/C14H18F3NO2/c1-13(2,3)4-5-20-12(19)9-6-10(14(15,16)17)8-11(18)7-9/h6-8H,4-5,18H2,1-3H3. The quantitative estimate of drug-likeness (QED) is 0.678. The van der Waals surface area contributed by atoms with Gasteiger partial charge >= 0.3 is 12.1 Å². The number of alkyl halides is 3. The van der Waals surface area contributed by atoms with E-state index in [2.05, 4.69) is 0 Å². The van der Waals surface area contributed by atoms with Crippen LogP contribution in [0.4, 0.5) is 18.9 Å². The van der Waals surface area contributed by atoms with Gasteiger partial charge in [-0.1, -0.05) is 20.8 Å². The fourth-order valence-corrected chi connectivity index (χ4v) is 1.47. The normalized spacial score (nSPS) is 12.3. The molecule has 0 fully saturated rings. The van der Waals surface area contributed by atoms with Gasteiger partial charge in [0.2, 0.25) is 0 Å². The molecular weight excluding hydrogens is 271 g/mol. The van der Waals surface area contributed by atoms with Gasteiger partial charge in [-0.25, -0.2) is 4.79 Å². The summed E-state index contributed by atoms with van der Waals surface area (Å²) in [6.45, 7) is 6.08. The molecule has 0 saturated heterocycles. The molecule has 0 radical (unpaired) electrons. The van der Waals surface area contributed by atoms with Crippen LogP contribution in [0.5, 0.6) is 0 Å². The fourth-order valence-electron chi connectivity index (χ4n) is 1.47. The Bertz CT molecular complexity index is 490. The molecule has 0 spiro atoms. The van der Waals surface area contributed by atoms with E-state index in [-0.39, 0.29) is 23.3 Å². The van der Waals surface area contributed by atoms with Crippen LogP contribution in [0.25, 0.3) is 0 Å². The molecule has 0 aromatic heterocycles. The minimum atomic E-state index is -4.55. The number of hydrogen-bond donors (Lipinski definition) is 1. The molecule has 0 amide bonds. The average molecular weight is 289 g/mol. The van der Waals surface area contributed by atoms with Crippen molar-refractivity contribution in [1.82, 2.24) is 0 Å². The van der Waals surface area contributed by atoms with Crippen LogP contribution in [0, 0.1) is 5.41 Å². The topological polar surface area (TPSA) is 52.3 Å². The molecule has 20 heavy (non-hydrogen) atoms. The third kappa shape index (κ3) is 5.11. The van der Waals surface area contributed by atoms with E-state index in [0.717, 1.165) is 12.1 Å². The van der Waals surface area contributed by atoms with Crippen LogP contribution >= 0.6 is 0 Å². The lowest BCUT2D eigenvalue weighted by atomic mass is 9.93. The molecule has 0 aliphatic heterocycles. The number of hydrogen-bond acceptors (Lipinski definition) is 3. The van der Waals surface area contributed by atoms with Gasteiger partial charge in [-0.05, 0) is 30.0 Å². The van der Waals surface area contributed by atoms with Gasteiger partial charge in [0.25, 0.3) is 0 Å². The number of esters is 1. The number of nitrogen functional groups attached to an aromatic ring is 1. The predicted octanol–water partition coefficient (Wildman–Crippen LogP) is 3.88. The minimum Gasteiger partial charge on any atom is -0.462 e. The summed E-state index contributed by atoms with van der Waals surface area (Å²) < 4.78 is 42.8. The molecule has 0 unspecified atom stereocenters. The first kappa shape index (κ1) is 16.3. The van der Waals surface area contributed by atoms with Crippen molar-refractivity contribution in [2.75, 3.05) is 12.3 Å². The molecule has 1 rings (SSSR count). The van der Waals surface area contributed by atoms with Crippen LogP contribution in [0.15, 0.2) is 18.2 Å². The highest BCUT2D eigenvalue weighted by Crippen LogP contribution is 2.31. The van der Waals surface area contributed by atoms with Gasteiger partial charge in [0.15, 0.2) is 0 Å². The summed E-state index contributed by atoms with van der Waals surface area (Å²) in [6.07, 6.45) is -3.93. The van der Waals surface area contributed by atoms with E-state index < -0.39 is 17.7 Å². The zero-order chi connectivity index (χ0) is 15.6. The summed E-state index contributed by atoms with van der Waals surface area (Å²) >= 11 is 0. The Morgan fingerprint density at radius 3 is 2.30 bits per heavy atom. The van der Waals surface area contributed by atoms with Crippen LogP contribution in [0.3, 0.4) is 0 Å². The molecule has 112 valence electrons. The highest BCUT2D eigenvalue weighted by molar-refractivity contribution is 5.90. The molecule has 0 saturated carbocycles. The smallest absolute Gasteiger partial charge is 0.416 e. The van der Waals surface area contributed by atoms with Gasteiger partial charge in [0.1, 0.15) is 0 Å². The maximum absolute atomic E-state index is 12.6. The van der Waals surface area contributed by atoms with E-state index in [9.17, 15) is 18.0 Å². The molecule has 3 nitrogen and oxygen atoms in total. The lowest BCUT2D eigenvalue weighted by Crippen LogP contribution is -2.14. The first-order chi connectivity index (χ1) is 8.99. The van der Waals surface area contributed by atoms with Crippen molar-refractivity contribution in [3.63, 3.8) is 0 Å². The summed E-state index contributed by atoms with van der Waals surface area (Å²) in [5.41, 5.74) is 4.09. The zero-order valence-electron chi connectivity index (χ0n) is 11.7. The molecule has 0 aliphatic rings. The number of halogens is 3. The third-order valence-electron chi connectivity index (χ3n) is 2.60. The van der Waals surface area contributed by atoms with Gasteiger partial charge in [-0.15, -0.1) is 0 Å². The summed E-state index contributed by atoms with van der Waals surface area (Å²) in [6, 6.07) is 2.70. The van der Waals surface area contributed by atoms with E-state index in [1.807, 2.05) is 20.8 Å². The Morgan fingerprint density at radius 2 is 1.80 bits per heavy atom. The zero-order valence-corrected chi connectivity index (χ0v) is 11.7. The largest absolute Gasteiger partial charge is 0.462 e. The van der Waals surface area contributed by atoms with Crippen molar-refractivity contribution in [2.45, 2.75) is 33.4 Å². The van der Waals surface area contributed by atoms with E-state index in [1.165, 1.54) is 6.07 Å². The summed E-state index contributed by atoms with van der Waals surface area (Å²) in [5, 5.41) is 0. The molecule has 0 bridgehead atoms. The number of ether oxygens (including phenoxy) is 1. The third-order valence-corrected chi connectivity index (χ3v) is 2.60. The van der Waals surface area contributed by atoms with Crippen molar-refractivity contribution in [3.05, 3.63) is 29.3 Å². The summed E-state index contributed by atoms with van der Waals surface area (Å²) in [5.74, 6) is -0.799. The second kappa shape index (κ2) is 5.73. The van der Waals surface area contributed by atoms with Gasteiger partial charge in [-0.2, -0.15) is 13.2 Å². The Kier molecular flexibility index (Phi) is 4.68. The maximum atomic E-state index is 12.6. The number of anilines is 1. The van der Waals surface area contributed by atoms with Crippen LogP contribution in [-0.2, 0) is 10.9 Å². The first-order valence-electron chi connectivity index (χ1n) is 6.14. The van der Waals surface area contributed by atoms with E-state index in [0.29, 0.717) is 6.42 Å². The lowest BCUT2D eigenvalue weighted by molar-refractivity contribution is -0.137. The summed E-state index contributed by atoms with van der Waals surface area (Å²) in [7, 11) is 0. The highest BCUT2D eigenvalue weighted by Gasteiger charge is 2.31. The maximum Gasteiger partial charge on any atom is 0.416 e. The van der Waals surface area contributed by atoms with E-state index >= 15 is 0 Å². The number of rotatable bonds is 3. The second-order valence-electron chi connectivity index (χ2n) is 5.79. The monoisotopic (exact) mass is 289 g/mol. The summed E-state index contributed by atoms with van der Waals surface area (Å²) in [4.78, 5) is 11.7. The lowest BCUT2D eigenvalue weighted by Gasteiger charge is -2.17. The van der Waals surface area contributed by atoms with Gasteiger partial charge in [-0.3, -0.25) is 0 Å². The molecular formula is C14H18F3NO2. The Hall–Kier alpha value is -1.72. The van der Waals surface area contributed by atoms with E-state index in [1.54, 1.807) is 0 Å². The van der Waals surface area contributed by atoms with Gasteiger partial charge < -0.3 is 10.5 Å². The number of carbonyl (C=O) groups excluding carboxylic acids is 1. The van der Waals surface area contributed by atoms with Crippen LogP contribution in [0.1, 0.15) is 43.1 Å². The highest BCUT2D eigenvalue weighted by atomic mass is 19.4. The second-order valence-corrected chi connectivity index (χ2v) is 5.79. The predicted molar refractivity (Wildman–Crippen MR) is 70.2 cm³/mol. The van der Waals surface area contributed by atoms with Crippen molar-refractivity contribution in [1.29, 1.82) is 0 Å². The number of benzene rings is 1. The van der Waals surface area contributed by atoms with Gasteiger partial charge in [0, 0.05) is 5.69 Å². The molecule has 0 atom stereocenters.